The molecule has 5 N–H and O–H groups in total. The maximum atomic E-state index is 9.19. The van der Waals surface area contributed by atoms with Gasteiger partial charge in [0.2, 0.25) is 0 Å². The molecule has 0 bridgehead atoms. The maximum Gasteiger partial charge on any atom is 0.0434 e. The molecule has 0 aliphatic carbocycles. The first-order valence-corrected chi connectivity index (χ1v) is 11.8. The van der Waals surface area contributed by atoms with E-state index in [-0.39, 0.29) is 12.6 Å². The molecule has 0 heterocycles. The Morgan fingerprint density at radius 3 is 1.42 bits per heavy atom. The summed E-state index contributed by atoms with van der Waals surface area (Å²) in [5, 5.41) is 9.19. The molecule has 0 rings (SSSR count). The molecule has 0 saturated heterocycles. The van der Waals surface area contributed by atoms with Crippen molar-refractivity contribution in [3.05, 3.63) is 0 Å². The van der Waals surface area contributed by atoms with Crippen molar-refractivity contribution in [3.63, 3.8) is 0 Å². The van der Waals surface area contributed by atoms with Crippen molar-refractivity contribution in [1.82, 2.24) is 0 Å². The van der Waals surface area contributed by atoms with E-state index in [1.165, 1.54) is 96.3 Å². The van der Waals surface area contributed by atoms with Crippen LogP contribution in [0.2, 0.25) is 0 Å². The zero-order chi connectivity index (χ0) is 19.3. The van der Waals surface area contributed by atoms with Crippen molar-refractivity contribution in [3.8, 4) is 0 Å². The van der Waals surface area contributed by atoms with Gasteiger partial charge in [-0.15, -0.1) is 0 Å². The number of rotatable bonds is 21. The second-order valence-electron chi connectivity index (χ2n) is 8.25. The lowest BCUT2D eigenvalue weighted by Crippen LogP contribution is -2.33. The highest BCUT2D eigenvalue weighted by atomic mass is 16.3. The molecule has 0 aliphatic rings. The third-order valence-corrected chi connectivity index (χ3v) is 5.78. The first-order valence-electron chi connectivity index (χ1n) is 11.8. The minimum atomic E-state index is 0.166. The van der Waals surface area contributed by atoms with E-state index < -0.39 is 0 Å². The van der Waals surface area contributed by atoms with Crippen LogP contribution in [-0.2, 0) is 0 Å². The van der Waals surface area contributed by atoms with Crippen LogP contribution >= 0.6 is 0 Å². The lowest BCUT2D eigenvalue weighted by molar-refractivity contribution is 0.230. The molecule has 158 valence electrons. The average molecular weight is 371 g/mol. The van der Waals surface area contributed by atoms with Crippen LogP contribution in [0.3, 0.4) is 0 Å². The normalized spacial score (nSPS) is 13.8. The molecule has 0 aromatic rings. The largest absolute Gasteiger partial charge is 0.396 e. The van der Waals surface area contributed by atoms with Gasteiger partial charge in [0.25, 0.3) is 0 Å². The summed E-state index contributed by atoms with van der Waals surface area (Å²) >= 11 is 0. The van der Waals surface area contributed by atoms with Crippen molar-refractivity contribution >= 4 is 0 Å². The van der Waals surface area contributed by atoms with Gasteiger partial charge in [0.1, 0.15) is 0 Å². The molecule has 0 aliphatic heterocycles. The molecule has 2 atom stereocenters. The summed E-state index contributed by atoms with van der Waals surface area (Å²) in [6, 6.07) is 0.166. The molecule has 0 fully saturated rings. The van der Waals surface area contributed by atoms with E-state index in [2.05, 4.69) is 6.92 Å². The van der Waals surface area contributed by atoms with Gasteiger partial charge >= 0.3 is 0 Å². The Labute approximate surface area is 164 Å². The number of aliphatic hydroxyl groups is 1. The van der Waals surface area contributed by atoms with Crippen LogP contribution < -0.4 is 11.5 Å². The Balaban J connectivity index is 3.32. The van der Waals surface area contributed by atoms with E-state index in [1.54, 1.807) is 0 Å². The molecular weight excluding hydrogens is 320 g/mol. The van der Waals surface area contributed by atoms with Gasteiger partial charge in [-0.05, 0) is 31.7 Å². The van der Waals surface area contributed by atoms with Gasteiger partial charge in [0.15, 0.2) is 0 Å². The van der Waals surface area contributed by atoms with Gasteiger partial charge in [0.05, 0.1) is 0 Å². The Hall–Kier alpha value is -0.120. The van der Waals surface area contributed by atoms with E-state index in [0.717, 1.165) is 19.3 Å². The first kappa shape index (κ1) is 25.9. The minimum Gasteiger partial charge on any atom is -0.396 e. The fourth-order valence-electron chi connectivity index (χ4n) is 3.94. The third kappa shape index (κ3) is 17.3. The van der Waals surface area contributed by atoms with Crippen molar-refractivity contribution in [2.45, 2.75) is 129 Å². The highest BCUT2D eigenvalue weighted by Crippen LogP contribution is 2.19. The lowest BCUT2D eigenvalue weighted by Gasteiger charge is -2.22. The molecule has 2 unspecified atom stereocenters. The Morgan fingerprint density at radius 1 is 0.615 bits per heavy atom. The molecule has 0 saturated carbocycles. The molecular formula is C23H50N2O. The summed E-state index contributed by atoms with van der Waals surface area (Å²) in [5.41, 5.74) is 11.8. The standard InChI is InChI=1S/C23H50N2O/c1-2-3-4-5-6-7-8-9-10-11-12-13-14-15-16-17-22(19-21-26)23(25)18-20-24/h22-23,26H,2-21,24-25H2,1H3. The average Bonchev–Trinajstić information content (AvgIpc) is 2.64. The minimum absolute atomic E-state index is 0.166. The van der Waals surface area contributed by atoms with Gasteiger partial charge in [-0.25, -0.2) is 0 Å². The summed E-state index contributed by atoms with van der Waals surface area (Å²) in [5.74, 6) is 0.450. The SMILES string of the molecule is CCCCCCCCCCCCCCCCCC(CCO)C(N)CCN. The smallest absolute Gasteiger partial charge is 0.0434 e. The van der Waals surface area contributed by atoms with Gasteiger partial charge in [-0.3, -0.25) is 0 Å². The Bertz CT molecular complexity index is 261. The molecule has 0 aromatic carbocycles. The fraction of sp³-hybridized carbons (Fsp3) is 1.00. The van der Waals surface area contributed by atoms with Crippen molar-refractivity contribution in [2.75, 3.05) is 13.2 Å². The predicted octanol–water partition coefficient (Wildman–Crippen LogP) is 5.92. The summed E-state index contributed by atoms with van der Waals surface area (Å²) in [7, 11) is 0. The van der Waals surface area contributed by atoms with Gasteiger partial charge < -0.3 is 16.6 Å². The number of aliphatic hydroxyl groups excluding tert-OH is 1. The van der Waals surface area contributed by atoms with E-state index in [1.807, 2.05) is 0 Å². The number of hydrogen-bond acceptors (Lipinski definition) is 3. The van der Waals surface area contributed by atoms with Crippen molar-refractivity contribution in [1.29, 1.82) is 0 Å². The van der Waals surface area contributed by atoms with E-state index in [4.69, 9.17) is 11.5 Å². The fourth-order valence-corrected chi connectivity index (χ4v) is 3.94. The lowest BCUT2D eigenvalue weighted by atomic mass is 9.89. The molecule has 0 spiro atoms. The molecule has 26 heavy (non-hydrogen) atoms. The molecule has 3 heteroatoms. The van der Waals surface area contributed by atoms with Gasteiger partial charge in [-0.1, -0.05) is 103 Å². The molecule has 0 aromatic heterocycles. The van der Waals surface area contributed by atoms with Crippen LogP contribution in [0.15, 0.2) is 0 Å². The Kier molecular flexibility index (Phi) is 21.1. The van der Waals surface area contributed by atoms with Gasteiger partial charge in [0, 0.05) is 12.6 Å². The molecule has 0 radical (unpaired) electrons. The zero-order valence-electron chi connectivity index (χ0n) is 17.9. The first-order chi connectivity index (χ1) is 12.8. The predicted molar refractivity (Wildman–Crippen MR) is 116 cm³/mol. The summed E-state index contributed by atoms with van der Waals surface area (Å²) < 4.78 is 0. The number of hydrogen-bond donors (Lipinski definition) is 3. The quantitative estimate of drug-likeness (QED) is 0.219. The molecule has 0 amide bonds. The van der Waals surface area contributed by atoms with E-state index >= 15 is 0 Å². The molecule has 3 nitrogen and oxygen atoms in total. The van der Waals surface area contributed by atoms with Crippen molar-refractivity contribution in [2.24, 2.45) is 17.4 Å². The van der Waals surface area contributed by atoms with Crippen LogP contribution in [0.5, 0.6) is 0 Å². The van der Waals surface area contributed by atoms with Crippen LogP contribution in [0.25, 0.3) is 0 Å². The summed E-state index contributed by atoms with van der Waals surface area (Å²) in [6.45, 7) is 3.19. The van der Waals surface area contributed by atoms with Crippen LogP contribution in [-0.4, -0.2) is 24.3 Å². The zero-order valence-corrected chi connectivity index (χ0v) is 17.9. The highest BCUT2D eigenvalue weighted by Gasteiger charge is 2.16. The van der Waals surface area contributed by atoms with Crippen LogP contribution in [0.4, 0.5) is 0 Å². The van der Waals surface area contributed by atoms with Crippen molar-refractivity contribution < 1.29 is 5.11 Å². The highest BCUT2D eigenvalue weighted by molar-refractivity contribution is 4.73. The number of nitrogens with two attached hydrogens (primary N) is 2. The summed E-state index contributed by atoms with van der Waals surface area (Å²) in [6.07, 6.45) is 23.9. The topological polar surface area (TPSA) is 72.3 Å². The second kappa shape index (κ2) is 21.2. The van der Waals surface area contributed by atoms with E-state index in [0.29, 0.717) is 12.5 Å². The van der Waals surface area contributed by atoms with Crippen LogP contribution in [0.1, 0.15) is 122 Å². The summed E-state index contributed by atoms with van der Waals surface area (Å²) in [4.78, 5) is 0. The van der Waals surface area contributed by atoms with E-state index in [9.17, 15) is 5.11 Å². The maximum absolute atomic E-state index is 9.19. The number of unbranched alkanes of at least 4 members (excludes halogenated alkanes) is 14. The van der Waals surface area contributed by atoms with Gasteiger partial charge in [-0.2, -0.15) is 0 Å². The van der Waals surface area contributed by atoms with Crippen LogP contribution in [0, 0.1) is 5.92 Å². The second-order valence-corrected chi connectivity index (χ2v) is 8.25. The monoisotopic (exact) mass is 370 g/mol. The Morgan fingerprint density at radius 2 is 1.04 bits per heavy atom. The third-order valence-electron chi connectivity index (χ3n) is 5.78.